The van der Waals surface area contributed by atoms with Crippen molar-refractivity contribution in [3.05, 3.63) is 66.1 Å². The van der Waals surface area contributed by atoms with Gasteiger partial charge in [0.1, 0.15) is 5.52 Å². The van der Waals surface area contributed by atoms with Crippen LogP contribution in [0.1, 0.15) is 17.9 Å². The van der Waals surface area contributed by atoms with Gasteiger partial charge < -0.3 is 4.42 Å². The molecule has 0 aliphatic rings. The fourth-order valence-electron chi connectivity index (χ4n) is 2.57. The van der Waals surface area contributed by atoms with Crippen molar-refractivity contribution in [1.29, 1.82) is 0 Å². The Morgan fingerprint density at radius 3 is 2.72 bits per heavy atom. The average molecular weight is 351 g/mol. The Hall–Kier alpha value is -2.67. The second-order valence-corrected chi connectivity index (χ2v) is 6.69. The number of benzene rings is 2. The summed E-state index contributed by atoms with van der Waals surface area (Å²) in [6.45, 7) is 0.682. The summed E-state index contributed by atoms with van der Waals surface area (Å²) in [6, 6.07) is 18.0. The highest BCUT2D eigenvalue weighted by molar-refractivity contribution is 7.99. The molecule has 0 fully saturated rings. The van der Waals surface area contributed by atoms with E-state index in [4.69, 9.17) is 4.42 Å². The molecule has 2 aromatic carbocycles. The molecule has 2 aromatic heterocycles. The van der Waals surface area contributed by atoms with Crippen LogP contribution in [0.2, 0.25) is 0 Å². The number of hydrogen-bond donors (Lipinski definition) is 0. The molecule has 126 valence electrons. The number of para-hydroxylation sites is 2. The van der Waals surface area contributed by atoms with Crippen molar-refractivity contribution in [2.24, 2.45) is 0 Å². The van der Waals surface area contributed by atoms with Crippen LogP contribution in [0.4, 0.5) is 0 Å². The van der Waals surface area contributed by atoms with Crippen LogP contribution in [0.15, 0.2) is 64.2 Å². The van der Waals surface area contributed by atoms with E-state index in [1.165, 1.54) is 5.56 Å². The van der Waals surface area contributed by atoms with Crippen LogP contribution in [0.3, 0.4) is 0 Å². The van der Waals surface area contributed by atoms with Crippen molar-refractivity contribution >= 4 is 22.9 Å². The van der Waals surface area contributed by atoms with Gasteiger partial charge in [0, 0.05) is 12.2 Å². The predicted octanol–water partition coefficient (Wildman–Crippen LogP) is 3.59. The Morgan fingerprint density at radius 1 is 1.00 bits per heavy atom. The zero-order chi connectivity index (χ0) is 16.9. The summed E-state index contributed by atoms with van der Waals surface area (Å²) in [5, 5.41) is 12.8. The Morgan fingerprint density at radius 2 is 1.84 bits per heavy atom. The Kier molecular flexibility index (Phi) is 4.74. The average Bonchev–Trinajstić information content (AvgIpc) is 3.26. The molecule has 0 radical (unpaired) electrons. The Labute approximate surface area is 149 Å². The molecule has 0 saturated heterocycles. The van der Waals surface area contributed by atoms with E-state index in [2.05, 4.69) is 32.6 Å². The maximum atomic E-state index is 5.74. The fraction of sp³-hybridized carbons (Fsp3) is 0.222. The second-order valence-electron chi connectivity index (χ2n) is 5.63. The third-order valence-corrected chi connectivity index (χ3v) is 4.82. The molecule has 0 atom stereocenters. The molecule has 0 N–H and O–H groups in total. The first kappa shape index (κ1) is 15.8. The molecule has 0 amide bonds. The van der Waals surface area contributed by atoms with Gasteiger partial charge in [0.15, 0.2) is 11.5 Å². The van der Waals surface area contributed by atoms with Gasteiger partial charge in [-0.15, -0.1) is 5.10 Å². The quantitative estimate of drug-likeness (QED) is 0.374. The number of hydrogen-bond acceptors (Lipinski definition) is 6. The van der Waals surface area contributed by atoms with E-state index in [9.17, 15) is 0 Å². The molecule has 0 spiro atoms. The lowest BCUT2D eigenvalue weighted by Crippen LogP contribution is -2.04. The zero-order valence-corrected chi connectivity index (χ0v) is 14.4. The van der Waals surface area contributed by atoms with Crippen molar-refractivity contribution in [3.63, 3.8) is 0 Å². The molecule has 0 aliphatic carbocycles. The summed E-state index contributed by atoms with van der Waals surface area (Å²) < 4.78 is 7.57. The monoisotopic (exact) mass is 351 g/mol. The van der Waals surface area contributed by atoms with Gasteiger partial charge in [0.2, 0.25) is 5.16 Å². The Bertz CT molecular complexity index is 917. The first-order chi connectivity index (χ1) is 12.4. The molecule has 2 heterocycles. The number of tetrazole rings is 1. The third kappa shape index (κ3) is 3.88. The summed E-state index contributed by atoms with van der Waals surface area (Å²) >= 11 is 1.66. The summed E-state index contributed by atoms with van der Waals surface area (Å²) in [6.07, 6.45) is 1.76. The SMILES string of the molecule is c1ccc(Cn2nnnc2SCCCc2nc3ccccc3o2)cc1. The molecule has 6 nitrogen and oxygen atoms in total. The van der Waals surface area contributed by atoms with E-state index >= 15 is 0 Å². The van der Waals surface area contributed by atoms with Crippen LogP contribution < -0.4 is 0 Å². The molecule has 4 aromatic rings. The molecule has 0 aliphatic heterocycles. The number of thioether (sulfide) groups is 1. The molecule has 0 saturated carbocycles. The number of aryl methyl sites for hydroxylation is 1. The molecular weight excluding hydrogens is 334 g/mol. The maximum absolute atomic E-state index is 5.74. The van der Waals surface area contributed by atoms with Crippen LogP contribution >= 0.6 is 11.8 Å². The van der Waals surface area contributed by atoms with Crippen molar-refractivity contribution < 1.29 is 4.42 Å². The molecule has 25 heavy (non-hydrogen) atoms. The summed E-state index contributed by atoms with van der Waals surface area (Å²) in [4.78, 5) is 4.50. The number of nitrogens with zero attached hydrogens (tertiary/aromatic N) is 5. The highest BCUT2D eigenvalue weighted by Crippen LogP contribution is 2.19. The van der Waals surface area contributed by atoms with Gasteiger partial charge in [0.25, 0.3) is 0 Å². The van der Waals surface area contributed by atoms with Crippen LogP contribution in [0.25, 0.3) is 11.1 Å². The minimum Gasteiger partial charge on any atom is -0.441 e. The van der Waals surface area contributed by atoms with E-state index in [0.29, 0.717) is 6.54 Å². The highest BCUT2D eigenvalue weighted by Gasteiger charge is 2.09. The second kappa shape index (κ2) is 7.48. The summed E-state index contributed by atoms with van der Waals surface area (Å²) in [5.74, 6) is 1.69. The third-order valence-electron chi connectivity index (χ3n) is 3.78. The molecular formula is C18H17N5OS. The lowest BCUT2D eigenvalue weighted by Gasteiger charge is -2.04. The molecule has 0 bridgehead atoms. The smallest absolute Gasteiger partial charge is 0.209 e. The first-order valence-corrected chi connectivity index (χ1v) is 9.14. The molecule has 4 rings (SSSR count). The van der Waals surface area contributed by atoms with Gasteiger partial charge in [-0.1, -0.05) is 54.2 Å². The van der Waals surface area contributed by atoms with Gasteiger partial charge in [-0.05, 0) is 34.5 Å². The van der Waals surface area contributed by atoms with Crippen LogP contribution in [0, 0.1) is 0 Å². The number of oxazole rings is 1. The number of aromatic nitrogens is 5. The van der Waals surface area contributed by atoms with Gasteiger partial charge in [-0.3, -0.25) is 0 Å². The molecule has 7 heteroatoms. The van der Waals surface area contributed by atoms with Crippen LogP contribution in [-0.4, -0.2) is 30.9 Å². The van der Waals surface area contributed by atoms with Gasteiger partial charge in [-0.2, -0.15) is 0 Å². The normalized spacial score (nSPS) is 11.2. The van der Waals surface area contributed by atoms with E-state index in [0.717, 1.165) is 40.7 Å². The van der Waals surface area contributed by atoms with E-state index in [1.54, 1.807) is 11.8 Å². The fourth-order valence-corrected chi connectivity index (χ4v) is 3.38. The van der Waals surface area contributed by atoms with Gasteiger partial charge >= 0.3 is 0 Å². The van der Waals surface area contributed by atoms with Crippen molar-refractivity contribution in [2.75, 3.05) is 5.75 Å². The number of fused-ring (bicyclic) bond motifs is 1. The van der Waals surface area contributed by atoms with Crippen molar-refractivity contribution in [1.82, 2.24) is 25.2 Å². The predicted molar refractivity (Wildman–Crippen MR) is 96.4 cm³/mol. The lowest BCUT2D eigenvalue weighted by atomic mass is 10.2. The van der Waals surface area contributed by atoms with Crippen molar-refractivity contribution in [2.45, 2.75) is 24.5 Å². The van der Waals surface area contributed by atoms with E-state index in [1.807, 2.05) is 47.1 Å². The van der Waals surface area contributed by atoms with Crippen molar-refractivity contribution in [3.8, 4) is 0 Å². The minimum absolute atomic E-state index is 0.682. The van der Waals surface area contributed by atoms with Crippen LogP contribution in [-0.2, 0) is 13.0 Å². The molecule has 0 unspecified atom stereocenters. The van der Waals surface area contributed by atoms with Gasteiger partial charge in [-0.25, -0.2) is 9.67 Å². The maximum Gasteiger partial charge on any atom is 0.209 e. The summed E-state index contributed by atoms with van der Waals surface area (Å²) in [7, 11) is 0. The largest absolute Gasteiger partial charge is 0.441 e. The first-order valence-electron chi connectivity index (χ1n) is 8.16. The standard InChI is InChI=1S/C18H17N5OS/c1-2-7-14(8-3-1)13-23-18(20-21-22-23)25-12-6-11-17-19-15-9-4-5-10-16(15)24-17/h1-5,7-10H,6,11-13H2. The van der Waals surface area contributed by atoms with E-state index < -0.39 is 0 Å². The number of rotatable bonds is 7. The van der Waals surface area contributed by atoms with E-state index in [-0.39, 0.29) is 0 Å². The Balaban J connectivity index is 1.31. The van der Waals surface area contributed by atoms with Gasteiger partial charge in [0.05, 0.1) is 6.54 Å². The minimum atomic E-state index is 0.682. The summed E-state index contributed by atoms with van der Waals surface area (Å²) in [5.41, 5.74) is 2.94. The topological polar surface area (TPSA) is 69.6 Å². The lowest BCUT2D eigenvalue weighted by molar-refractivity contribution is 0.526. The van der Waals surface area contributed by atoms with Crippen LogP contribution in [0.5, 0.6) is 0 Å². The highest BCUT2D eigenvalue weighted by atomic mass is 32.2. The zero-order valence-electron chi connectivity index (χ0n) is 13.6.